The smallest absolute Gasteiger partial charge is 0.0817 e. The van der Waals surface area contributed by atoms with Gasteiger partial charge in [0.1, 0.15) is 0 Å². The molecule has 2 atom stereocenters. The summed E-state index contributed by atoms with van der Waals surface area (Å²) in [7, 11) is 0. The molecule has 4 nitrogen and oxygen atoms in total. The minimum Gasteiger partial charge on any atom is -0.388 e. The molecule has 2 rings (SSSR count). The lowest BCUT2D eigenvalue weighted by Crippen LogP contribution is -2.07. The van der Waals surface area contributed by atoms with Crippen LogP contribution < -0.4 is 0 Å². The molecule has 0 aliphatic carbocycles. The molecular formula is C13H22N2O2. The molecule has 0 saturated carbocycles. The minimum absolute atomic E-state index is 0.373. The van der Waals surface area contributed by atoms with E-state index in [9.17, 15) is 5.11 Å². The van der Waals surface area contributed by atoms with E-state index >= 15 is 0 Å². The number of hydrogen-bond acceptors (Lipinski definition) is 3. The van der Waals surface area contributed by atoms with Gasteiger partial charge >= 0.3 is 0 Å². The van der Waals surface area contributed by atoms with Gasteiger partial charge in [-0.25, -0.2) is 0 Å². The van der Waals surface area contributed by atoms with Crippen molar-refractivity contribution in [3.63, 3.8) is 0 Å². The molecule has 0 amide bonds. The van der Waals surface area contributed by atoms with Crippen LogP contribution in [0.3, 0.4) is 0 Å². The van der Waals surface area contributed by atoms with Gasteiger partial charge in [-0.2, -0.15) is 5.10 Å². The molecule has 1 N–H and O–H groups in total. The summed E-state index contributed by atoms with van der Waals surface area (Å²) >= 11 is 0. The summed E-state index contributed by atoms with van der Waals surface area (Å²) in [6.45, 7) is 3.81. The molecule has 0 aromatic carbocycles. The zero-order valence-electron chi connectivity index (χ0n) is 10.5. The number of nitrogens with zero attached hydrogens (tertiary/aromatic N) is 2. The summed E-state index contributed by atoms with van der Waals surface area (Å²) in [5.74, 6) is 0. The van der Waals surface area contributed by atoms with Crippen LogP contribution in [0.1, 0.15) is 50.7 Å². The van der Waals surface area contributed by atoms with E-state index in [1.807, 2.05) is 17.8 Å². The molecule has 0 radical (unpaired) electrons. The highest BCUT2D eigenvalue weighted by atomic mass is 16.5. The van der Waals surface area contributed by atoms with E-state index in [0.29, 0.717) is 6.10 Å². The van der Waals surface area contributed by atoms with Crippen LogP contribution in [0.15, 0.2) is 12.4 Å². The number of aliphatic hydroxyl groups is 1. The summed E-state index contributed by atoms with van der Waals surface area (Å²) in [6.07, 6.45) is 9.16. The average molecular weight is 238 g/mol. The third kappa shape index (κ3) is 3.54. The summed E-state index contributed by atoms with van der Waals surface area (Å²) in [4.78, 5) is 0. The van der Waals surface area contributed by atoms with Crippen LogP contribution in [0.4, 0.5) is 0 Å². The lowest BCUT2D eigenvalue weighted by Gasteiger charge is -2.08. The Morgan fingerprint density at radius 2 is 2.53 bits per heavy atom. The fraction of sp³-hybridized carbons (Fsp3) is 0.769. The van der Waals surface area contributed by atoms with Crippen LogP contribution in [0.5, 0.6) is 0 Å². The Kier molecular flexibility index (Phi) is 4.57. The van der Waals surface area contributed by atoms with Gasteiger partial charge in [0.2, 0.25) is 0 Å². The van der Waals surface area contributed by atoms with Gasteiger partial charge in [-0.1, -0.05) is 6.92 Å². The van der Waals surface area contributed by atoms with Crippen LogP contribution in [0.25, 0.3) is 0 Å². The first-order valence-corrected chi connectivity index (χ1v) is 6.61. The third-order valence-electron chi connectivity index (χ3n) is 3.36. The molecule has 1 aromatic heterocycles. The quantitative estimate of drug-likeness (QED) is 0.827. The molecule has 1 fully saturated rings. The van der Waals surface area contributed by atoms with E-state index in [2.05, 4.69) is 5.10 Å². The van der Waals surface area contributed by atoms with Gasteiger partial charge in [-0.15, -0.1) is 0 Å². The van der Waals surface area contributed by atoms with Crippen LogP contribution >= 0.6 is 0 Å². The normalized spacial score (nSPS) is 21.9. The molecule has 96 valence electrons. The van der Waals surface area contributed by atoms with Crippen molar-refractivity contribution in [2.75, 3.05) is 6.61 Å². The SMILES string of the molecule is CCC(O)c1cnn(CCCC2CCCO2)c1. The van der Waals surface area contributed by atoms with Gasteiger partial charge in [0.05, 0.1) is 18.4 Å². The molecule has 1 aliphatic rings. The van der Waals surface area contributed by atoms with E-state index in [4.69, 9.17) is 4.74 Å². The largest absolute Gasteiger partial charge is 0.388 e. The van der Waals surface area contributed by atoms with E-state index in [1.165, 1.54) is 12.8 Å². The van der Waals surface area contributed by atoms with Gasteiger partial charge < -0.3 is 9.84 Å². The second-order valence-corrected chi connectivity index (χ2v) is 4.74. The molecule has 2 heterocycles. The first-order valence-electron chi connectivity index (χ1n) is 6.61. The highest BCUT2D eigenvalue weighted by molar-refractivity contribution is 5.07. The maximum Gasteiger partial charge on any atom is 0.0817 e. The Bertz CT molecular complexity index is 332. The lowest BCUT2D eigenvalue weighted by atomic mass is 10.1. The van der Waals surface area contributed by atoms with E-state index < -0.39 is 0 Å². The molecular weight excluding hydrogens is 216 g/mol. The Balaban J connectivity index is 1.73. The van der Waals surface area contributed by atoms with Crippen molar-refractivity contribution in [3.8, 4) is 0 Å². The van der Waals surface area contributed by atoms with Crippen LogP contribution in [0, 0.1) is 0 Å². The lowest BCUT2D eigenvalue weighted by molar-refractivity contribution is 0.101. The van der Waals surface area contributed by atoms with Gasteiger partial charge in [-0.3, -0.25) is 4.68 Å². The van der Waals surface area contributed by atoms with Crippen molar-refractivity contribution in [1.82, 2.24) is 9.78 Å². The fourth-order valence-corrected chi connectivity index (χ4v) is 2.26. The van der Waals surface area contributed by atoms with E-state index in [-0.39, 0.29) is 6.10 Å². The van der Waals surface area contributed by atoms with Crippen LogP contribution in [-0.4, -0.2) is 27.6 Å². The van der Waals surface area contributed by atoms with Crippen molar-refractivity contribution >= 4 is 0 Å². The number of hydrogen-bond donors (Lipinski definition) is 1. The number of aryl methyl sites for hydroxylation is 1. The van der Waals surface area contributed by atoms with Gasteiger partial charge in [0.25, 0.3) is 0 Å². The molecule has 2 unspecified atom stereocenters. The molecule has 4 heteroatoms. The van der Waals surface area contributed by atoms with Crippen molar-refractivity contribution < 1.29 is 9.84 Å². The fourth-order valence-electron chi connectivity index (χ4n) is 2.26. The molecule has 0 spiro atoms. The topological polar surface area (TPSA) is 47.3 Å². The maximum absolute atomic E-state index is 9.67. The Hall–Kier alpha value is -0.870. The minimum atomic E-state index is -0.373. The first kappa shape index (κ1) is 12.6. The van der Waals surface area contributed by atoms with Crippen molar-refractivity contribution in [1.29, 1.82) is 0 Å². The molecule has 0 bridgehead atoms. The standard InChI is InChI=1S/C13H22N2O2/c1-2-13(16)11-9-14-15(10-11)7-3-5-12-6-4-8-17-12/h9-10,12-13,16H,2-8H2,1H3. The monoisotopic (exact) mass is 238 g/mol. The summed E-state index contributed by atoms with van der Waals surface area (Å²) < 4.78 is 7.50. The number of rotatable bonds is 6. The second kappa shape index (κ2) is 6.17. The van der Waals surface area contributed by atoms with Crippen molar-refractivity contribution in [2.24, 2.45) is 0 Å². The zero-order chi connectivity index (χ0) is 12.1. The molecule has 1 aliphatic heterocycles. The molecule has 17 heavy (non-hydrogen) atoms. The van der Waals surface area contributed by atoms with E-state index in [1.54, 1.807) is 6.20 Å². The Labute approximate surface area is 103 Å². The van der Waals surface area contributed by atoms with Gasteiger partial charge in [-0.05, 0) is 32.1 Å². The van der Waals surface area contributed by atoms with Gasteiger partial charge in [0.15, 0.2) is 0 Å². The van der Waals surface area contributed by atoms with E-state index in [0.717, 1.165) is 38.0 Å². The Morgan fingerprint density at radius 1 is 1.65 bits per heavy atom. The number of ether oxygens (including phenoxy) is 1. The highest BCUT2D eigenvalue weighted by Crippen LogP contribution is 2.18. The first-order chi connectivity index (χ1) is 8.29. The Morgan fingerprint density at radius 3 is 3.24 bits per heavy atom. The molecule has 1 aromatic rings. The average Bonchev–Trinajstić information content (AvgIpc) is 2.99. The predicted octanol–water partition coefficient (Wildman–Crippen LogP) is 2.29. The summed E-state index contributed by atoms with van der Waals surface area (Å²) in [5, 5.41) is 13.9. The van der Waals surface area contributed by atoms with Crippen LogP contribution in [0.2, 0.25) is 0 Å². The second-order valence-electron chi connectivity index (χ2n) is 4.74. The van der Waals surface area contributed by atoms with Gasteiger partial charge in [0, 0.05) is 24.9 Å². The summed E-state index contributed by atoms with van der Waals surface area (Å²) in [6, 6.07) is 0. The van der Waals surface area contributed by atoms with Crippen molar-refractivity contribution in [3.05, 3.63) is 18.0 Å². The predicted molar refractivity (Wildman–Crippen MR) is 65.7 cm³/mol. The summed E-state index contributed by atoms with van der Waals surface area (Å²) in [5.41, 5.74) is 0.921. The zero-order valence-corrected chi connectivity index (χ0v) is 10.5. The molecule has 1 saturated heterocycles. The number of aromatic nitrogens is 2. The van der Waals surface area contributed by atoms with Crippen LogP contribution in [-0.2, 0) is 11.3 Å². The highest BCUT2D eigenvalue weighted by Gasteiger charge is 2.14. The maximum atomic E-state index is 9.67. The third-order valence-corrected chi connectivity index (χ3v) is 3.36. The van der Waals surface area contributed by atoms with Crippen molar-refractivity contribution in [2.45, 2.75) is 57.8 Å². The number of aliphatic hydroxyl groups excluding tert-OH is 1.